The van der Waals surface area contributed by atoms with Crippen molar-refractivity contribution in [3.05, 3.63) is 64.7 Å². The van der Waals surface area contributed by atoms with Gasteiger partial charge in [0.2, 0.25) is 11.8 Å². The molecule has 0 radical (unpaired) electrons. The summed E-state index contributed by atoms with van der Waals surface area (Å²) >= 11 is 5.95. The molecule has 130 valence electrons. The van der Waals surface area contributed by atoms with Crippen LogP contribution in [0.4, 0.5) is 5.69 Å². The van der Waals surface area contributed by atoms with Crippen molar-refractivity contribution in [1.82, 2.24) is 4.90 Å². The monoisotopic (exact) mass is 356 g/mol. The Labute approximate surface area is 152 Å². The van der Waals surface area contributed by atoms with E-state index >= 15 is 0 Å². The zero-order valence-electron chi connectivity index (χ0n) is 14.4. The fraction of sp³-hybridized carbons (Fsp3) is 0.300. The van der Waals surface area contributed by atoms with Gasteiger partial charge in [-0.1, -0.05) is 41.9 Å². The van der Waals surface area contributed by atoms with Crippen LogP contribution < -0.4 is 5.32 Å². The lowest BCUT2D eigenvalue weighted by atomic mass is 10.0. The van der Waals surface area contributed by atoms with Crippen molar-refractivity contribution >= 4 is 29.1 Å². The van der Waals surface area contributed by atoms with E-state index in [9.17, 15) is 9.59 Å². The molecule has 0 saturated heterocycles. The number of carbonyl (C=O) groups excluding carboxylic acids is 2. The standard InChI is InChI=1S/C20H21ClN2O2/c1-14-12-16(21)8-9-17(14)22-18(24)20(10-11-20)19(25)23(2)13-15-6-4-3-5-7-15/h3-9,12H,10-11,13H2,1-2H3,(H,22,24). The number of hydrogen-bond donors (Lipinski definition) is 1. The van der Waals surface area contributed by atoms with Crippen LogP contribution in [-0.4, -0.2) is 23.8 Å². The summed E-state index contributed by atoms with van der Waals surface area (Å²) in [4.78, 5) is 27.2. The third-order valence-electron chi connectivity index (χ3n) is 4.64. The fourth-order valence-electron chi connectivity index (χ4n) is 2.97. The highest BCUT2D eigenvalue weighted by atomic mass is 35.5. The Morgan fingerprint density at radius 1 is 1.16 bits per heavy atom. The molecule has 1 N–H and O–H groups in total. The summed E-state index contributed by atoms with van der Waals surface area (Å²) in [7, 11) is 1.75. The molecule has 1 fully saturated rings. The second-order valence-electron chi connectivity index (χ2n) is 6.64. The van der Waals surface area contributed by atoms with Crippen molar-refractivity contribution in [1.29, 1.82) is 0 Å². The van der Waals surface area contributed by atoms with Gasteiger partial charge in [0.15, 0.2) is 0 Å². The molecule has 0 heterocycles. The number of nitrogens with one attached hydrogen (secondary N) is 1. The molecule has 3 rings (SSSR count). The van der Waals surface area contributed by atoms with E-state index in [0.29, 0.717) is 30.1 Å². The lowest BCUT2D eigenvalue weighted by molar-refractivity contribution is -0.141. The average molecular weight is 357 g/mol. The second-order valence-corrected chi connectivity index (χ2v) is 7.08. The summed E-state index contributed by atoms with van der Waals surface area (Å²) in [6.45, 7) is 2.37. The molecule has 2 aromatic carbocycles. The first-order valence-corrected chi connectivity index (χ1v) is 8.67. The van der Waals surface area contributed by atoms with Gasteiger partial charge in [-0.05, 0) is 49.1 Å². The lowest BCUT2D eigenvalue weighted by Crippen LogP contribution is -2.40. The number of anilines is 1. The maximum Gasteiger partial charge on any atom is 0.240 e. The van der Waals surface area contributed by atoms with E-state index in [4.69, 9.17) is 11.6 Å². The summed E-state index contributed by atoms with van der Waals surface area (Å²) in [5.74, 6) is -0.358. The Morgan fingerprint density at radius 3 is 2.44 bits per heavy atom. The minimum absolute atomic E-state index is 0.125. The van der Waals surface area contributed by atoms with Gasteiger partial charge in [-0.2, -0.15) is 0 Å². The molecule has 0 unspecified atom stereocenters. The van der Waals surface area contributed by atoms with E-state index in [-0.39, 0.29) is 11.8 Å². The first-order chi connectivity index (χ1) is 11.9. The van der Waals surface area contributed by atoms with Gasteiger partial charge < -0.3 is 10.2 Å². The van der Waals surface area contributed by atoms with Crippen molar-refractivity contribution in [2.45, 2.75) is 26.3 Å². The fourth-order valence-corrected chi connectivity index (χ4v) is 3.19. The molecule has 0 spiro atoms. The molecular weight excluding hydrogens is 336 g/mol. The lowest BCUT2D eigenvalue weighted by Gasteiger charge is -2.23. The molecular formula is C20H21ClN2O2. The van der Waals surface area contributed by atoms with Crippen molar-refractivity contribution in [2.75, 3.05) is 12.4 Å². The normalized spacial score (nSPS) is 14.7. The molecule has 0 atom stereocenters. The van der Waals surface area contributed by atoms with Gasteiger partial charge in [-0.25, -0.2) is 0 Å². The molecule has 2 amide bonds. The Hall–Kier alpha value is -2.33. The maximum absolute atomic E-state index is 12.8. The number of benzene rings is 2. The first-order valence-electron chi connectivity index (χ1n) is 8.29. The van der Waals surface area contributed by atoms with Crippen LogP contribution >= 0.6 is 11.6 Å². The molecule has 0 aliphatic heterocycles. The quantitative estimate of drug-likeness (QED) is 0.822. The zero-order valence-corrected chi connectivity index (χ0v) is 15.1. The number of halogens is 1. The number of hydrogen-bond acceptors (Lipinski definition) is 2. The van der Waals surface area contributed by atoms with Crippen molar-refractivity contribution in [3.63, 3.8) is 0 Å². The summed E-state index contributed by atoms with van der Waals surface area (Å²) in [6, 6.07) is 15.1. The third kappa shape index (κ3) is 3.69. The van der Waals surface area contributed by atoms with E-state index in [1.54, 1.807) is 30.1 Å². The van der Waals surface area contributed by atoms with Gasteiger partial charge in [0.1, 0.15) is 5.41 Å². The Morgan fingerprint density at radius 2 is 1.84 bits per heavy atom. The van der Waals surface area contributed by atoms with Gasteiger partial charge in [-0.15, -0.1) is 0 Å². The van der Waals surface area contributed by atoms with Crippen molar-refractivity contribution < 1.29 is 9.59 Å². The Kier molecular flexibility index (Phi) is 4.82. The second kappa shape index (κ2) is 6.89. The van der Waals surface area contributed by atoms with E-state index < -0.39 is 5.41 Å². The summed E-state index contributed by atoms with van der Waals surface area (Å²) < 4.78 is 0. The maximum atomic E-state index is 12.8. The molecule has 1 aliphatic rings. The van der Waals surface area contributed by atoms with Crippen molar-refractivity contribution in [2.24, 2.45) is 5.41 Å². The van der Waals surface area contributed by atoms with E-state index in [1.165, 1.54) is 0 Å². The number of rotatable bonds is 5. The highest BCUT2D eigenvalue weighted by Gasteiger charge is 2.57. The van der Waals surface area contributed by atoms with Gasteiger partial charge in [-0.3, -0.25) is 9.59 Å². The molecule has 1 aliphatic carbocycles. The van der Waals surface area contributed by atoms with Crippen LogP contribution in [-0.2, 0) is 16.1 Å². The van der Waals surface area contributed by atoms with Crippen LogP contribution in [0.3, 0.4) is 0 Å². The number of nitrogens with zero attached hydrogens (tertiary/aromatic N) is 1. The minimum atomic E-state index is -0.935. The van der Waals surface area contributed by atoms with Crippen LogP contribution in [0.1, 0.15) is 24.0 Å². The zero-order chi connectivity index (χ0) is 18.0. The van der Waals surface area contributed by atoms with Crippen LogP contribution in [0, 0.1) is 12.3 Å². The molecule has 2 aromatic rings. The van der Waals surface area contributed by atoms with Crippen LogP contribution in [0.5, 0.6) is 0 Å². The van der Waals surface area contributed by atoms with Crippen LogP contribution in [0.2, 0.25) is 5.02 Å². The molecule has 4 nitrogen and oxygen atoms in total. The van der Waals surface area contributed by atoms with Crippen molar-refractivity contribution in [3.8, 4) is 0 Å². The highest BCUT2D eigenvalue weighted by Crippen LogP contribution is 2.48. The first kappa shape index (κ1) is 17.5. The highest BCUT2D eigenvalue weighted by molar-refractivity contribution is 6.30. The third-order valence-corrected chi connectivity index (χ3v) is 4.88. The van der Waals surface area contributed by atoms with E-state index in [0.717, 1.165) is 11.1 Å². The molecule has 0 bridgehead atoms. The van der Waals surface area contributed by atoms with Crippen LogP contribution in [0.15, 0.2) is 48.5 Å². The largest absolute Gasteiger partial charge is 0.340 e. The molecule has 0 aromatic heterocycles. The van der Waals surface area contributed by atoms with Gasteiger partial charge in [0.05, 0.1) is 0 Å². The number of aryl methyl sites for hydroxylation is 1. The summed E-state index contributed by atoms with van der Waals surface area (Å²) in [5, 5.41) is 3.52. The van der Waals surface area contributed by atoms with E-state index in [2.05, 4.69) is 5.32 Å². The summed E-state index contributed by atoms with van der Waals surface area (Å²) in [5.41, 5.74) is 1.68. The smallest absolute Gasteiger partial charge is 0.240 e. The topological polar surface area (TPSA) is 49.4 Å². The average Bonchev–Trinajstić information content (AvgIpc) is 3.39. The molecule has 25 heavy (non-hydrogen) atoms. The number of carbonyl (C=O) groups is 2. The SMILES string of the molecule is Cc1cc(Cl)ccc1NC(=O)C1(C(=O)N(C)Cc2ccccc2)CC1. The van der Waals surface area contributed by atoms with Gasteiger partial charge >= 0.3 is 0 Å². The Bertz CT molecular complexity index is 801. The van der Waals surface area contributed by atoms with Crippen LogP contribution in [0.25, 0.3) is 0 Å². The summed E-state index contributed by atoms with van der Waals surface area (Å²) in [6.07, 6.45) is 1.17. The number of amides is 2. The predicted octanol–water partition coefficient (Wildman–Crippen LogP) is 4.03. The van der Waals surface area contributed by atoms with Gasteiger partial charge in [0, 0.05) is 24.3 Å². The van der Waals surface area contributed by atoms with E-state index in [1.807, 2.05) is 37.3 Å². The van der Waals surface area contributed by atoms with Gasteiger partial charge in [0.25, 0.3) is 0 Å². The Balaban J connectivity index is 1.70. The molecule has 1 saturated carbocycles. The predicted molar refractivity (Wildman–Crippen MR) is 99.4 cm³/mol. The minimum Gasteiger partial charge on any atom is -0.340 e. The molecule has 5 heteroatoms.